The predicted octanol–water partition coefficient (Wildman–Crippen LogP) is 2.06. The van der Waals surface area contributed by atoms with Gasteiger partial charge in [-0.25, -0.2) is 19.3 Å². The summed E-state index contributed by atoms with van der Waals surface area (Å²) in [4.78, 5) is 42.9. The number of aromatic amines is 1. The lowest BCUT2D eigenvalue weighted by Gasteiger charge is -2.39. The Morgan fingerprint density at radius 3 is 2.70 bits per heavy atom. The molecule has 13 heteroatoms. The monoisotopic (exact) mass is 545 g/mol. The van der Waals surface area contributed by atoms with Crippen molar-refractivity contribution in [2.75, 3.05) is 31.6 Å². The van der Waals surface area contributed by atoms with Crippen LogP contribution in [-0.2, 0) is 4.79 Å². The molecule has 2 unspecified atom stereocenters. The zero-order valence-electron chi connectivity index (χ0n) is 21.9. The number of nitriles is 1. The van der Waals surface area contributed by atoms with E-state index in [1.807, 2.05) is 15.9 Å². The zero-order chi connectivity index (χ0) is 27.9. The average Bonchev–Trinajstić information content (AvgIpc) is 3.35. The molecule has 40 heavy (non-hydrogen) atoms. The van der Waals surface area contributed by atoms with Crippen molar-refractivity contribution < 1.29 is 18.7 Å². The fourth-order valence-corrected chi connectivity index (χ4v) is 5.72. The molecule has 1 saturated carbocycles. The van der Waals surface area contributed by atoms with Crippen LogP contribution in [-0.4, -0.2) is 80.2 Å². The van der Waals surface area contributed by atoms with E-state index in [-0.39, 0.29) is 52.1 Å². The van der Waals surface area contributed by atoms with Crippen LogP contribution >= 0.6 is 0 Å². The number of carbonyl (C=O) groups excluding carboxylic acids is 2. The van der Waals surface area contributed by atoms with Gasteiger partial charge in [-0.05, 0) is 38.2 Å². The van der Waals surface area contributed by atoms with Gasteiger partial charge in [-0.15, -0.1) is 0 Å². The van der Waals surface area contributed by atoms with Gasteiger partial charge in [0, 0.05) is 48.8 Å². The number of carbonyl (C=O) groups is 2. The molecule has 0 radical (unpaired) electrons. The van der Waals surface area contributed by atoms with Crippen molar-refractivity contribution in [1.29, 1.82) is 5.26 Å². The lowest BCUT2D eigenvalue weighted by molar-refractivity contribution is -0.127. The van der Waals surface area contributed by atoms with Gasteiger partial charge in [-0.2, -0.15) is 10.4 Å². The highest BCUT2D eigenvalue weighted by Gasteiger charge is 2.54. The van der Waals surface area contributed by atoms with Crippen LogP contribution in [0, 0.1) is 23.1 Å². The number of ether oxygens (including phenoxy) is 1. The van der Waals surface area contributed by atoms with E-state index in [1.54, 1.807) is 6.07 Å². The van der Waals surface area contributed by atoms with E-state index < -0.39 is 5.82 Å². The number of likely N-dealkylation sites (tertiary alicyclic amines) is 1. The fraction of sp³-hybridized carbons (Fsp3) is 0.444. The van der Waals surface area contributed by atoms with Gasteiger partial charge in [-0.1, -0.05) is 0 Å². The van der Waals surface area contributed by atoms with Crippen molar-refractivity contribution in [3.63, 3.8) is 0 Å². The predicted molar refractivity (Wildman–Crippen MR) is 140 cm³/mol. The largest absolute Gasteiger partial charge is 0.481 e. The fourth-order valence-electron chi connectivity index (χ4n) is 5.72. The molecule has 0 bridgehead atoms. The molecule has 3 fully saturated rings. The van der Waals surface area contributed by atoms with Gasteiger partial charge < -0.3 is 19.9 Å². The average molecular weight is 546 g/mol. The lowest BCUT2D eigenvalue weighted by atomic mass is 9.87. The molecule has 5 heterocycles. The number of H-pyrrole nitrogens is 1. The molecule has 3 aromatic heterocycles. The maximum atomic E-state index is 14.4. The number of pyridine rings is 1. The van der Waals surface area contributed by atoms with Gasteiger partial charge in [0.05, 0.1) is 37.0 Å². The number of amides is 2. The van der Waals surface area contributed by atoms with Crippen LogP contribution in [0.15, 0.2) is 30.7 Å². The van der Waals surface area contributed by atoms with E-state index in [2.05, 4.69) is 30.5 Å². The topological polar surface area (TPSA) is 153 Å². The Hall–Kier alpha value is -4.60. The minimum absolute atomic E-state index is 0.0110. The van der Waals surface area contributed by atoms with E-state index >= 15 is 0 Å². The Morgan fingerprint density at radius 2 is 1.98 bits per heavy atom. The second kappa shape index (κ2) is 10.2. The molecule has 206 valence electrons. The van der Waals surface area contributed by atoms with Crippen molar-refractivity contribution in [3.8, 4) is 23.2 Å². The van der Waals surface area contributed by atoms with E-state index in [1.165, 1.54) is 25.6 Å². The molecule has 2 amide bonds. The summed E-state index contributed by atoms with van der Waals surface area (Å²) in [5, 5.41) is 19.0. The van der Waals surface area contributed by atoms with Crippen molar-refractivity contribution in [3.05, 3.63) is 47.8 Å². The van der Waals surface area contributed by atoms with Gasteiger partial charge in [0.1, 0.15) is 11.8 Å². The molecule has 1 aliphatic carbocycles. The summed E-state index contributed by atoms with van der Waals surface area (Å²) in [7, 11) is 1.44. The van der Waals surface area contributed by atoms with Crippen LogP contribution < -0.4 is 15.0 Å². The third-order valence-electron chi connectivity index (χ3n) is 8.05. The first-order valence-corrected chi connectivity index (χ1v) is 13.2. The maximum Gasteiger partial charge on any atom is 0.272 e. The zero-order valence-corrected chi connectivity index (χ0v) is 21.9. The second-order valence-corrected chi connectivity index (χ2v) is 10.6. The van der Waals surface area contributed by atoms with E-state index in [0.29, 0.717) is 37.4 Å². The molecule has 3 aromatic rings. The number of hydrogen-bond acceptors (Lipinski definition) is 9. The van der Waals surface area contributed by atoms with Crippen LogP contribution in [0.25, 0.3) is 11.3 Å². The smallest absolute Gasteiger partial charge is 0.272 e. The minimum Gasteiger partial charge on any atom is -0.481 e. The third-order valence-corrected chi connectivity index (χ3v) is 8.05. The number of rotatable bonds is 6. The second-order valence-electron chi connectivity index (χ2n) is 10.6. The third kappa shape index (κ3) is 4.81. The number of nitrogens with one attached hydrogen (secondary N) is 2. The molecule has 6 rings (SSSR count). The first-order chi connectivity index (χ1) is 19.4. The number of nitrogens with zero attached hydrogens (tertiary/aromatic N) is 7. The Labute approximate surface area is 229 Å². The Balaban J connectivity index is 1.07. The van der Waals surface area contributed by atoms with Crippen molar-refractivity contribution in [1.82, 2.24) is 35.4 Å². The van der Waals surface area contributed by atoms with Crippen LogP contribution in [0.4, 0.5) is 10.3 Å². The molecule has 2 aliphatic heterocycles. The molecule has 2 N–H and O–H groups in total. The van der Waals surface area contributed by atoms with Gasteiger partial charge in [0.2, 0.25) is 17.7 Å². The Morgan fingerprint density at radius 1 is 1.18 bits per heavy atom. The minimum atomic E-state index is -0.563. The van der Waals surface area contributed by atoms with Crippen LogP contribution in [0.1, 0.15) is 48.2 Å². The summed E-state index contributed by atoms with van der Waals surface area (Å²) < 4.78 is 19.4. The van der Waals surface area contributed by atoms with Crippen molar-refractivity contribution in [2.45, 2.75) is 43.7 Å². The highest BCUT2D eigenvalue weighted by atomic mass is 19.1. The molecule has 1 spiro atoms. The molecule has 12 nitrogen and oxygen atoms in total. The molecular formula is C27H28FN9O3. The normalized spacial score (nSPS) is 21.2. The lowest BCUT2D eigenvalue weighted by Crippen LogP contribution is -2.52. The van der Waals surface area contributed by atoms with Gasteiger partial charge >= 0.3 is 0 Å². The summed E-state index contributed by atoms with van der Waals surface area (Å²) in [6, 6.07) is 4.97. The number of aromatic nitrogens is 5. The van der Waals surface area contributed by atoms with Gasteiger partial charge in [0.15, 0.2) is 5.82 Å². The summed E-state index contributed by atoms with van der Waals surface area (Å²) in [5.74, 6) is -0.138. The number of hydrogen-bond donors (Lipinski definition) is 2. The quantitative estimate of drug-likeness (QED) is 0.474. The molecule has 3 aliphatic rings. The number of methoxy groups -OCH3 is 1. The van der Waals surface area contributed by atoms with E-state index in [9.17, 15) is 14.0 Å². The van der Waals surface area contributed by atoms with Gasteiger partial charge in [-0.3, -0.25) is 14.7 Å². The van der Waals surface area contributed by atoms with Gasteiger partial charge in [0.25, 0.3) is 5.91 Å². The summed E-state index contributed by atoms with van der Waals surface area (Å²) in [6.07, 6.45) is 7.68. The van der Waals surface area contributed by atoms with Crippen LogP contribution in [0.3, 0.4) is 0 Å². The maximum absolute atomic E-state index is 14.4. The van der Waals surface area contributed by atoms with Crippen molar-refractivity contribution in [2.24, 2.45) is 5.92 Å². The van der Waals surface area contributed by atoms with Crippen molar-refractivity contribution >= 4 is 17.8 Å². The summed E-state index contributed by atoms with van der Waals surface area (Å²) >= 11 is 0. The molecule has 0 aromatic carbocycles. The van der Waals surface area contributed by atoms with Crippen LogP contribution in [0.5, 0.6) is 5.88 Å². The summed E-state index contributed by atoms with van der Waals surface area (Å²) in [6.45, 7) is 1.78. The Bertz CT molecular complexity index is 1480. The first-order valence-electron chi connectivity index (χ1n) is 13.2. The molecule has 2 atom stereocenters. The molecule has 2 saturated heterocycles. The molecular weight excluding hydrogens is 517 g/mol. The SMILES string of the molecule is COc1cc(-c2cc(C(=O)N3CCC(C(=O)NC4CCN(c5ncc(C#N)cn5)C4)CC34CC4)[nH]n2)c(F)cn1. The number of piperidine rings is 1. The highest BCUT2D eigenvalue weighted by Crippen LogP contribution is 2.50. The number of halogens is 1. The van der Waals surface area contributed by atoms with E-state index in [4.69, 9.17) is 10.00 Å². The Kier molecular flexibility index (Phi) is 6.53. The summed E-state index contributed by atoms with van der Waals surface area (Å²) in [5.41, 5.74) is 0.817. The van der Waals surface area contributed by atoms with E-state index in [0.717, 1.165) is 32.0 Å². The standard InChI is InChI=1S/C27H28FN9O3/c1-40-23-8-19(20(28)14-30-23)21-9-22(35-34-21)25(39)37-7-2-17(10-27(37)4-5-27)24(38)33-18-3-6-36(15-18)26-31-12-16(11-29)13-32-26/h8-9,12-14,17-18H,2-7,10,15H2,1H3,(H,33,38)(H,34,35). The highest BCUT2D eigenvalue weighted by molar-refractivity contribution is 5.94. The number of anilines is 1. The first kappa shape index (κ1) is 25.7. The van der Waals surface area contributed by atoms with Crippen LogP contribution in [0.2, 0.25) is 0 Å².